The van der Waals surface area contributed by atoms with Crippen molar-refractivity contribution in [2.45, 2.75) is 74.3 Å². The van der Waals surface area contributed by atoms with Gasteiger partial charge >= 0.3 is 0 Å². The molecule has 1 atom stereocenters. The van der Waals surface area contributed by atoms with Gasteiger partial charge in [0.15, 0.2) is 0 Å². The average molecular weight is 499 g/mol. The lowest BCUT2D eigenvalue weighted by atomic mass is 9.85. The van der Waals surface area contributed by atoms with Crippen LogP contribution in [0, 0.1) is 17.2 Å². The van der Waals surface area contributed by atoms with E-state index in [1.165, 1.54) is 0 Å². The largest absolute Gasteiger partial charge is 0.383 e. The molecule has 2 saturated carbocycles. The van der Waals surface area contributed by atoms with Gasteiger partial charge in [-0.1, -0.05) is 6.07 Å². The van der Waals surface area contributed by atoms with Gasteiger partial charge in [-0.05, 0) is 63.5 Å². The van der Waals surface area contributed by atoms with Gasteiger partial charge in [0.05, 0.1) is 28.6 Å². The minimum atomic E-state index is -3.71. The maximum atomic E-state index is 13.2. The van der Waals surface area contributed by atoms with Crippen LogP contribution < -0.4 is 4.72 Å². The number of ether oxygens (including phenoxy) is 1. The summed E-state index contributed by atoms with van der Waals surface area (Å²) in [6.45, 7) is 1.36. The van der Waals surface area contributed by atoms with Crippen LogP contribution in [0.5, 0.6) is 0 Å². The number of sulfonamides is 1. The monoisotopic (exact) mass is 498 g/mol. The molecule has 2 aromatic rings. The second-order valence-electron chi connectivity index (χ2n) is 10.3. The van der Waals surface area contributed by atoms with Crippen LogP contribution in [0.15, 0.2) is 23.1 Å². The lowest BCUT2D eigenvalue weighted by Gasteiger charge is -2.33. The molecule has 5 rings (SSSR count). The van der Waals surface area contributed by atoms with Gasteiger partial charge in [0.2, 0.25) is 15.9 Å². The SMILES string of the molecule is COC[C@H]1CCCN1C(=O)C1CCC(NS(=O)(=O)c2ccc3c(C#N)c(C4CC4)n(C)c3c2)CC1. The Bertz CT molecular complexity index is 1270. The molecule has 1 aliphatic heterocycles. The molecule has 0 bridgehead atoms. The van der Waals surface area contributed by atoms with Crippen molar-refractivity contribution in [1.29, 1.82) is 5.26 Å². The maximum Gasteiger partial charge on any atom is 0.240 e. The minimum Gasteiger partial charge on any atom is -0.383 e. The molecule has 1 amide bonds. The quantitative estimate of drug-likeness (QED) is 0.630. The fraction of sp³-hybridized carbons (Fsp3) is 0.615. The number of nitrogens with one attached hydrogen (secondary N) is 1. The van der Waals surface area contributed by atoms with E-state index in [-0.39, 0.29) is 28.8 Å². The van der Waals surface area contributed by atoms with Crippen LogP contribution >= 0.6 is 0 Å². The fourth-order valence-electron chi connectivity index (χ4n) is 6.03. The number of methoxy groups -OCH3 is 1. The Morgan fingerprint density at radius 1 is 1.17 bits per heavy atom. The number of aromatic nitrogens is 1. The van der Waals surface area contributed by atoms with E-state index in [1.807, 2.05) is 16.5 Å². The van der Waals surface area contributed by atoms with Gasteiger partial charge in [-0.25, -0.2) is 13.1 Å². The highest BCUT2D eigenvalue weighted by Gasteiger charge is 2.36. The van der Waals surface area contributed by atoms with Gasteiger partial charge in [-0.3, -0.25) is 4.79 Å². The third-order valence-corrected chi connectivity index (χ3v) is 9.54. The Labute approximate surface area is 207 Å². The minimum absolute atomic E-state index is 0.0434. The zero-order valence-electron chi connectivity index (χ0n) is 20.5. The molecule has 188 valence electrons. The van der Waals surface area contributed by atoms with Gasteiger partial charge in [0, 0.05) is 49.7 Å². The number of benzene rings is 1. The summed E-state index contributed by atoms with van der Waals surface area (Å²) in [5, 5.41) is 10.5. The molecule has 3 aliphatic rings. The summed E-state index contributed by atoms with van der Waals surface area (Å²) in [6, 6.07) is 7.35. The molecule has 2 aliphatic carbocycles. The van der Waals surface area contributed by atoms with E-state index in [9.17, 15) is 18.5 Å². The second kappa shape index (κ2) is 9.57. The number of rotatable bonds is 7. The number of amides is 1. The van der Waals surface area contributed by atoms with Crippen LogP contribution in [0.4, 0.5) is 0 Å². The number of aryl methyl sites for hydroxylation is 1. The molecule has 1 aromatic heterocycles. The number of carbonyl (C=O) groups excluding carboxylic acids is 1. The maximum absolute atomic E-state index is 13.2. The molecule has 2 heterocycles. The standard InChI is InChI=1S/C26H34N4O4S/c1-29-24-14-21(11-12-22(24)23(15-27)25(29)17-5-6-17)35(32,33)28-19-9-7-18(8-10-19)26(31)30-13-3-4-20(30)16-34-2/h11-12,14,17-20,28H,3-10,13,16H2,1-2H3/t18?,19?,20-/m1/s1. The number of likely N-dealkylation sites (tertiary alicyclic amines) is 1. The third kappa shape index (κ3) is 4.59. The van der Waals surface area contributed by atoms with Crippen molar-refractivity contribution in [2.24, 2.45) is 13.0 Å². The van der Waals surface area contributed by atoms with Gasteiger partial charge in [-0.15, -0.1) is 0 Å². The van der Waals surface area contributed by atoms with E-state index in [2.05, 4.69) is 10.8 Å². The molecule has 1 N–H and O–H groups in total. The van der Waals surface area contributed by atoms with Crippen molar-refractivity contribution in [1.82, 2.24) is 14.2 Å². The summed E-state index contributed by atoms with van der Waals surface area (Å²) < 4.78 is 36.6. The molecule has 9 heteroatoms. The van der Waals surface area contributed by atoms with Crippen molar-refractivity contribution >= 4 is 26.8 Å². The number of nitrogens with zero attached hydrogens (tertiary/aromatic N) is 3. The highest BCUT2D eigenvalue weighted by Crippen LogP contribution is 2.44. The lowest BCUT2D eigenvalue weighted by molar-refractivity contribution is -0.138. The summed E-state index contributed by atoms with van der Waals surface area (Å²) in [5.74, 6) is 0.543. The third-order valence-electron chi connectivity index (χ3n) is 8.02. The van der Waals surface area contributed by atoms with E-state index >= 15 is 0 Å². The van der Waals surface area contributed by atoms with Crippen LogP contribution in [0.2, 0.25) is 0 Å². The number of carbonyl (C=O) groups is 1. The van der Waals surface area contributed by atoms with Gasteiger partial charge in [0.1, 0.15) is 6.07 Å². The Morgan fingerprint density at radius 2 is 1.91 bits per heavy atom. The predicted octanol–water partition coefficient (Wildman–Crippen LogP) is 3.40. The normalized spacial score (nSPS) is 25.2. The van der Waals surface area contributed by atoms with Crippen molar-refractivity contribution in [3.63, 3.8) is 0 Å². The summed E-state index contributed by atoms with van der Waals surface area (Å²) in [7, 11) is -0.129. The molecule has 0 radical (unpaired) electrons. The van der Waals surface area contributed by atoms with E-state index in [1.54, 1.807) is 25.3 Å². The zero-order chi connectivity index (χ0) is 24.7. The van der Waals surface area contributed by atoms with Gasteiger partial charge < -0.3 is 14.2 Å². The van der Waals surface area contributed by atoms with Crippen LogP contribution in [-0.4, -0.2) is 56.1 Å². The molecule has 35 heavy (non-hydrogen) atoms. The molecule has 0 spiro atoms. The summed E-state index contributed by atoms with van der Waals surface area (Å²) in [5.41, 5.74) is 2.45. The molecule has 0 unspecified atom stereocenters. The highest BCUT2D eigenvalue weighted by molar-refractivity contribution is 7.89. The lowest BCUT2D eigenvalue weighted by Crippen LogP contribution is -2.44. The summed E-state index contributed by atoms with van der Waals surface area (Å²) in [6.07, 6.45) is 6.81. The Balaban J connectivity index is 1.26. The summed E-state index contributed by atoms with van der Waals surface area (Å²) >= 11 is 0. The van der Waals surface area contributed by atoms with Crippen LogP contribution in [0.25, 0.3) is 10.9 Å². The first-order chi connectivity index (χ1) is 16.8. The molecule has 1 saturated heterocycles. The number of nitriles is 1. The predicted molar refractivity (Wildman–Crippen MR) is 132 cm³/mol. The van der Waals surface area contributed by atoms with E-state index in [0.29, 0.717) is 43.8 Å². The van der Waals surface area contributed by atoms with Gasteiger partial charge in [0.25, 0.3) is 0 Å². The zero-order valence-corrected chi connectivity index (χ0v) is 21.3. The molecular weight excluding hydrogens is 464 g/mol. The first kappa shape index (κ1) is 24.3. The van der Waals surface area contributed by atoms with E-state index in [4.69, 9.17) is 4.74 Å². The van der Waals surface area contributed by atoms with Crippen molar-refractivity contribution < 1.29 is 17.9 Å². The second-order valence-corrected chi connectivity index (χ2v) is 12.1. The summed E-state index contributed by atoms with van der Waals surface area (Å²) in [4.78, 5) is 15.3. The molecular formula is C26H34N4O4S. The Morgan fingerprint density at radius 3 is 2.57 bits per heavy atom. The number of hydrogen-bond donors (Lipinski definition) is 1. The van der Waals surface area contributed by atoms with Crippen molar-refractivity contribution in [3.8, 4) is 6.07 Å². The van der Waals surface area contributed by atoms with Crippen LogP contribution in [0.1, 0.15) is 68.5 Å². The van der Waals surface area contributed by atoms with Gasteiger partial charge in [-0.2, -0.15) is 5.26 Å². The Hall–Kier alpha value is -2.41. The smallest absolute Gasteiger partial charge is 0.240 e. The van der Waals surface area contributed by atoms with Crippen molar-refractivity contribution in [2.75, 3.05) is 20.3 Å². The molecule has 3 fully saturated rings. The van der Waals surface area contributed by atoms with E-state index < -0.39 is 10.0 Å². The molecule has 1 aromatic carbocycles. The average Bonchev–Trinajstić information content (AvgIpc) is 3.51. The number of hydrogen-bond acceptors (Lipinski definition) is 5. The first-order valence-corrected chi connectivity index (χ1v) is 14.2. The topological polar surface area (TPSA) is 104 Å². The van der Waals surface area contributed by atoms with Crippen molar-refractivity contribution in [3.05, 3.63) is 29.5 Å². The van der Waals surface area contributed by atoms with E-state index in [0.717, 1.165) is 48.8 Å². The van der Waals surface area contributed by atoms with Crippen LogP contribution in [0.3, 0.4) is 0 Å². The Kier molecular flexibility index (Phi) is 6.64. The highest BCUT2D eigenvalue weighted by atomic mass is 32.2. The fourth-order valence-corrected chi connectivity index (χ4v) is 7.35. The molecule has 8 nitrogen and oxygen atoms in total. The van der Waals surface area contributed by atoms with Crippen LogP contribution in [-0.2, 0) is 26.6 Å². The first-order valence-electron chi connectivity index (χ1n) is 12.7. The number of fused-ring (bicyclic) bond motifs is 1.